The van der Waals surface area contributed by atoms with Crippen LogP contribution >= 0.6 is 0 Å². The first-order valence-corrected chi connectivity index (χ1v) is 5.53. The van der Waals surface area contributed by atoms with E-state index in [1.807, 2.05) is 11.9 Å². The van der Waals surface area contributed by atoms with Gasteiger partial charge in [-0.3, -0.25) is 0 Å². The summed E-state index contributed by atoms with van der Waals surface area (Å²) >= 11 is 0. The van der Waals surface area contributed by atoms with Crippen molar-refractivity contribution in [1.82, 2.24) is 10.3 Å². The Balaban J connectivity index is 2.48. The molecule has 0 aliphatic rings. The van der Waals surface area contributed by atoms with Crippen molar-refractivity contribution in [3.05, 3.63) is 12.0 Å². The van der Waals surface area contributed by atoms with Crippen molar-refractivity contribution in [3.63, 3.8) is 0 Å². The molecule has 15 heavy (non-hydrogen) atoms. The smallest absolute Gasteiger partial charge is 0.297 e. The highest BCUT2D eigenvalue weighted by atomic mass is 16.4. The van der Waals surface area contributed by atoms with Gasteiger partial charge in [0.15, 0.2) is 0 Å². The Hall–Kier alpha value is -1.03. The number of aromatic nitrogens is 1. The molecule has 0 aromatic carbocycles. The summed E-state index contributed by atoms with van der Waals surface area (Å²) in [5, 5.41) is 3.29. The van der Waals surface area contributed by atoms with E-state index in [4.69, 9.17) is 4.42 Å². The minimum Gasteiger partial charge on any atom is -0.432 e. The minimum atomic E-state index is 0.403. The van der Waals surface area contributed by atoms with Gasteiger partial charge in [-0.15, -0.1) is 0 Å². The molecule has 1 heterocycles. The summed E-state index contributed by atoms with van der Waals surface area (Å²) in [6, 6.07) is 1.10. The quantitative estimate of drug-likeness (QED) is 0.731. The predicted octanol–water partition coefficient (Wildman–Crippen LogP) is 2.02. The van der Waals surface area contributed by atoms with Crippen LogP contribution in [0.4, 0.5) is 6.01 Å². The molecule has 0 bridgehead atoms. The molecule has 0 aliphatic carbocycles. The van der Waals surface area contributed by atoms with Crippen LogP contribution in [0.2, 0.25) is 0 Å². The lowest BCUT2D eigenvalue weighted by Gasteiger charge is -2.18. The van der Waals surface area contributed by atoms with E-state index >= 15 is 0 Å². The zero-order chi connectivity index (χ0) is 11.3. The van der Waals surface area contributed by atoms with Crippen LogP contribution in [0.15, 0.2) is 10.7 Å². The average molecular weight is 211 g/mol. The molecular formula is C11H21N3O. The van der Waals surface area contributed by atoms with Gasteiger partial charge in [-0.2, -0.15) is 4.98 Å². The van der Waals surface area contributed by atoms with Gasteiger partial charge in [0.1, 0.15) is 6.26 Å². The zero-order valence-corrected chi connectivity index (χ0v) is 10.1. The fraction of sp³-hybridized carbons (Fsp3) is 0.727. The first-order valence-electron chi connectivity index (χ1n) is 5.53. The van der Waals surface area contributed by atoms with Crippen molar-refractivity contribution in [2.24, 2.45) is 0 Å². The highest BCUT2D eigenvalue weighted by Gasteiger charge is 2.11. The molecule has 4 heteroatoms. The van der Waals surface area contributed by atoms with Crippen LogP contribution in [0.1, 0.15) is 32.9 Å². The van der Waals surface area contributed by atoms with Gasteiger partial charge in [-0.1, -0.05) is 6.92 Å². The van der Waals surface area contributed by atoms with Crippen molar-refractivity contribution in [2.45, 2.75) is 39.8 Å². The molecule has 0 saturated carbocycles. The summed E-state index contributed by atoms with van der Waals surface area (Å²) in [6.45, 7) is 8.16. The van der Waals surface area contributed by atoms with Crippen LogP contribution in [-0.4, -0.2) is 24.6 Å². The maximum Gasteiger partial charge on any atom is 0.297 e. The molecule has 1 N–H and O–H groups in total. The van der Waals surface area contributed by atoms with E-state index in [1.165, 1.54) is 0 Å². The van der Waals surface area contributed by atoms with Crippen LogP contribution in [0.5, 0.6) is 0 Å². The second-order valence-electron chi connectivity index (χ2n) is 4.00. The molecule has 0 aliphatic heterocycles. The lowest BCUT2D eigenvalue weighted by Crippen LogP contribution is -2.26. The fourth-order valence-corrected chi connectivity index (χ4v) is 1.15. The summed E-state index contributed by atoms with van der Waals surface area (Å²) in [7, 11) is 1.99. The fourth-order valence-electron chi connectivity index (χ4n) is 1.15. The predicted molar refractivity (Wildman–Crippen MR) is 62.0 cm³/mol. The molecular weight excluding hydrogens is 190 g/mol. The monoisotopic (exact) mass is 211 g/mol. The van der Waals surface area contributed by atoms with Crippen molar-refractivity contribution in [1.29, 1.82) is 0 Å². The second-order valence-corrected chi connectivity index (χ2v) is 4.00. The van der Waals surface area contributed by atoms with Crippen molar-refractivity contribution >= 4 is 6.01 Å². The largest absolute Gasteiger partial charge is 0.432 e. The van der Waals surface area contributed by atoms with Crippen LogP contribution < -0.4 is 10.2 Å². The Bertz CT molecular complexity index is 283. The van der Waals surface area contributed by atoms with Crippen molar-refractivity contribution < 1.29 is 4.42 Å². The Kier molecular flexibility index (Phi) is 4.62. The van der Waals surface area contributed by atoms with Crippen molar-refractivity contribution in [2.75, 3.05) is 18.5 Å². The molecule has 1 rings (SSSR count). The number of anilines is 1. The standard InChI is InChI=1S/C11H21N3O/c1-5-6-12-7-10-8-15-11(13-10)14(4)9(2)3/h8-9,12H,5-7H2,1-4H3. The van der Waals surface area contributed by atoms with Gasteiger partial charge in [0.05, 0.1) is 5.69 Å². The van der Waals surface area contributed by atoms with E-state index in [0.717, 1.165) is 25.2 Å². The Labute approximate surface area is 91.7 Å². The summed E-state index contributed by atoms with van der Waals surface area (Å²) in [5.74, 6) is 0. The molecule has 0 amide bonds. The molecule has 4 nitrogen and oxygen atoms in total. The van der Waals surface area contributed by atoms with Gasteiger partial charge >= 0.3 is 0 Å². The number of nitrogens with zero attached hydrogens (tertiary/aromatic N) is 2. The van der Waals surface area contributed by atoms with Crippen LogP contribution in [0.3, 0.4) is 0 Å². The molecule has 1 aromatic heterocycles. The van der Waals surface area contributed by atoms with E-state index < -0.39 is 0 Å². The molecule has 86 valence electrons. The highest BCUT2D eigenvalue weighted by Crippen LogP contribution is 2.13. The number of nitrogens with one attached hydrogen (secondary N) is 1. The third-order valence-electron chi connectivity index (χ3n) is 2.35. The Morgan fingerprint density at radius 2 is 2.27 bits per heavy atom. The van der Waals surface area contributed by atoms with E-state index in [-0.39, 0.29) is 0 Å². The SMILES string of the molecule is CCCNCc1coc(N(C)C(C)C)n1. The maximum atomic E-state index is 5.39. The summed E-state index contributed by atoms with van der Waals surface area (Å²) < 4.78 is 5.39. The number of hydrogen-bond acceptors (Lipinski definition) is 4. The Morgan fingerprint density at radius 1 is 1.53 bits per heavy atom. The number of oxazole rings is 1. The first-order chi connectivity index (χ1) is 7.15. The number of hydrogen-bond donors (Lipinski definition) is 1. The lowest BCUT2D eigenvalue weighted by atomic mass is 10.4. The average Bonchev–Trinajstić information content (AvgIpc) is 2.65. The molecule has 1 aromatic rings. The van der Waals surface area contributed by atoms with E-state index in [2.05, 4.69) is 31.1 Å². The van der Waals surface area contributed by atoms with E-state index in [1.54, 1.807) is 6.26 Å². The van der Waals surface area contributed by atoms with Crippen LogP contribution in [0.25, 0.3) is 0 Å². The van der Waals surface area contributed by atoms with E-state index in [9.17, 15) is 0 Å². The molecule has 0 spiro atoms. The maximum absolute atomic E-state index is 5.39. The second kappa shape index (κ2) is 5.75. The lowest BCUT2D eigenvalue weighted by molar-refractivity contribution is 0.528. The summed E-state index contributed by atoms with van der Waals surface area (Å²) in [6.07, 6.45) is 2.85. The topological polar surface area (TPSA) is 41.3 Å². The minimum absolute atomic E-state index is 0.403. The summed E-state index contributed by atoms with van der Waals surface area (Å²) in [4.78, 5) is 6.42. The van der Waals surface area contributed by atoms with Crippen LogP contribution in [0, 0.1) is 0 Å². The van der Waals surface area contributed by atoms with Gasteiger partial charge in [0.25, 0.3) is 6.01 Å². The normalized spacial score (nSPS) is 11.0. The van der Waals surface area contributed by atoms with E-state index in [0.29, 0.717) is 12.1 Å². The third kappa shape index (κ3) is 3.55. The van der Waals surface area contributed by atoms with Gasteiger partial charge in [0.2, 0.25) is 0 Å². The summed E-state index contributed by atoms with van der Waals surface area (Å²) in [5.41, 5.74) is 0.964. The molecule has 0 atom stereocenters. The third-order valence-corrected chi connectivity index (χ3v) is 2.35. The molecule has 0 unspecified atom stereocenters. The van der Waals surface area contributed by atoms with Gasteiger partial charge in [0, 0.05) is 19.6 Å². The van der Waals surface area contributed by atoms with Crippen LogP contribution in [-0.2, 0) is 6.54 Å². The van der Waals surface area contributed by atoms with Gasteiger partial charge in [-0.25, -0.2) is 0 Å². The highest BCUT2D eigenvalue weighted by molar-refractivity contribution is 5.26. The molecule has 0 radical (unpaired) electrons. The number of rotatable bonds is 6. The Morgan fingerprint density at radius 3 is 2.87 bits per heavy atom. The van der Waals surface area contributed by atoms with Crippen molar-refractivity contribution in [3.8, 4) is 0 Å². The first kappa shape index (κ1) is 12.0. The zero-order valence-electron chi connectivity index (χ0n) is 10.1. The molecule has 0 fully saturated rings. The molecule has 0 saturated heterocycles. The van der Waals surface area contributed by atoms with Gasteiger partial charge in [-0.05, 0) is 26.8 Å². The van der Waals surface area contributed by atoms with Gasteiger partial charge < -0.3 is 14.6 Å².